The van der Waals surface area contributed by atoms with Crippen LogP contribution in [0.3, 0.4) is 0 Å². The van der Waals surface area contributed by atoms with Crippen molar-refractivity contribution in [2.24, 2.45) is 5.92 Å². The fourth-order valence-corrected chi connectivity index (χ4v) is 1.80. The van der Waals surface area contributed by atoms with E-state index in [4.69, 9.17) is 5.11 Å². The maximum absolute atomic E-state index is 12.4. The molecule has 16 heavy (non-hydrogen) atoms. The van der Waals surface area contributed by atoms with Crippen LogP contribution in [0.1, 0.15) is 16.8 Å². The number of pyridine rings is 1. The first-order chi connectivity index (χ1) is 7.38. The third kappa shape index (κ3) is 1.87. The molecule has 1 aliphatic carbocycles. The minimum absolute atomic E-state index is 0.127. The minimum Gasteiger partial charge on any atom is -0.481 e. The molecule has 0 spiro atoms. The van der Waals surface area contributed by atoms with Crippen LogP contribution in [0.4, 0.5) is 13.2 Å². The van der Waals surface area contributed by atoms with E-state index in [1.807, 2.05) is 0 Å². The third-order valence-electron chi connectivity index (χ3n) is 2.64. The first-order valence-electron chi connectivity index (χ1n) is 4.65. The summed E-state index contributed by atoms with van der Waals surface area (Å²) in [6.45, 7) is 0. The Bertz CT molecular complexity index is 442. The first kappa shape index (κ1) is 10.9. The summed E-state index contributed by atoms with van der Waals surface area (Å²) in [7, 11) is 0. The number of alkyl halides is 3. The van der Waals surface area contributed by atoms with Crippen molar-refractivity contribution in [1.82, 2.24) is 4.98 Å². The van der Waals surface area contributed by atoms with Gasteiger partial charge in [0.15, 0.2) is 0 Å². The Hall–Kier alpha value is -1.59. The molecule has 3 nitrogen and oxygen atoms in total. The number of rotatable bonds is 1. The molecule has 0 radical (unpaired) electrons. The largest absolute Gasteiger partial charge is 0.481 e. The van der Waals surface area contributed by atoms with Gasteiger partial charge >= 0.3 is 12.1 Å². The zero-order valence-electron chi connectivity index (χ0n) is 8.08. The van der Waals surface area contributed by atoms with Crippen molar-refractivity contribution in [2.45, 2.75) is 19.0 Å². The van der Waals surface area contributed by atoms with Gasteiger partial charge in [0.1, 0.15) is 0 Å². The molecule has 0 amide bonds. The lowest BCUT2D eigenvalue weighted by Gasteiger charge is -2.07. The van der Waals surface area contributed by atoms with Gasteiger partial charge in [-0.05, 0) is 18.1 Å². The van der Waals surface area contributed by atoms with Crippen molar-refractivity contribution in [3.63, 3.8) is 0 Å². The Morgan fingerprint density at radius 1 is 1.44 bits per heavy atom. The predicted molar refractivity (Wildman–Crippen MR) is 47.8 cm³/mol. The Morgan fingerprint density at radius 2 is 2.12 bits per heavy atom. The summed E-state index contributed by atoms with van der Waals surface area (Å²) in [5, 5.41) is 8.76. The number of nitrogens with zero attached hydrogens (tertiary/aromatic N) is 1. The average Bonchev–Trinajstić information content (AvgIpc) is 2.58. The maximum Gasteiger partial charge on any atom is 0.417 e. The molecular weight excluding hydrogens is 223 g/mol. The number of aromatic nitrogens is 1. The highest BCUT2D eigenvalue weighted by Crippen LogP contribution is 2.33. The Labute approximate surface area is 88.9 Å². The molecule has 1 aliphatic rings. The van der Waals surface area contributed by atoms with Gasteiger partial charge in [-0.1, -0.05) is 0 Å². The number of halogens is 3. The number of carboxylic acid groups (broad SMARTS) is 1. The van der Waals surface area contributed by atoms with Gasteiger partial charge in [0, 0.05) is 18.3 Å². The number of carboxylic acids is 1. The first-order valence-corrected chi connectivity index (χ1v) is 4.65. The molecule has 1 heterocycles. The van der Waals surface area contributed by atoms with Crippen LogP contribution in [-0.4, -0.2) is 16.1 Å². The molecule has 0 aromatic carbocycles. The summed E-state index contributed by atoms with van der Waals surface area (Å²) in [6, 6.07) is 0.991. The summed E-state index contributed by atoms with van der Waals surface area (Å²) < 4.78 is 37.1. The van der Waals surface area contributed by atoms with Crippen LogP contribution >= 0.6 is 0 Å². The highest BCUT2D eigenvalue weighted by molar-refractivity contribution is 5.72. The van der Waals surface area contributed by atoms with Gasteiger partial charge < -0.3 is 5.11 Å². The normalized spacial score (nSPS) is 19.6. The van der Waals surface area contributed by atoms with Crippen LogP contribution in [0.15, 0.2) is 12.3 Å². The molecule has 1 aromatic rings. The topological polar surface area (TPSA) is 50.2 Å². The van der Waals surface area contributed by atoms with Crippen LogP contribution in [0.25, 0.3) is 0 Å². The van der Waals surface area contributed by atoms with Crippen LogP contribution in [0, 0.1) is 5.92 Å². The lowest BCUT2D eigenvalue weighted by atomic mass is 10.1. The zero-order valence-corrected chi connectivity index (χ0v) is 8.08. The lowest BCUT2D eigenvalue weighted by molar-refractivity contribution is -0.141. The fourth-order valence-electron chi connectivity index (χ4n) is 1.80. The van der Waals surface area contributed by atoms with Gasteiger partial charge in [0.25, 0.3) is 0 Å². The van der Waals surface area contributed by atoms with Crippen LogP contribution < -0.4 is 0 Å². The van der Waals surface area contributed by atoms with Gasteiger partial charge in [-0.2, -0.15) is 13.2 Å². The molecule has 1 unspecified atom stereocenters. The monoisotopic (exact) mass is 231 g/mol. The fraction of sp³-hybridized carbons (Fsp3) is 0.400. The zero-order chi connectivity index (χ0) is 11.9. The molecule has 0 saturated heterocycles. The van der Waals surface area contributed by atoms with E-state index in [9.17, 15) is 18.0 Å². The van der Waals surface area contributed by atoms with Crippen molar-refractivity contribution in [3.05, 3.63) is 29.1 Å². The van der Waals surface area contributed by atoms with E-state index < -0.39 is 23.6 Å². The van der Waals surface area contributed by atoms with E-state index in [1.54, 1.807) is 0 Å². The van der Waals surface area contributed by atoms with Gasteiger partial charge in [-0.15, -0.1) is 0 Å². The number of hydrogen-bond acceptors (Lipinski definition) is 2. The van der Waals surface area contributed by atoms with Crippen LogP contribution in [0.5, 0.6) is 0 Å². The van der Waals surface area contributed by atoms with E-state index >= 15 is 0 Å². The molecular formula is C10H8F3NO2. The number of aliphatic carboxylic acids is 1. The highest BCUT2D eigenvalue weighted by Gasteiger charge is 2.34. The van der Waals surface area contributed by atoms with Crippen LogP contribution in [-0.2, 0) is 23.8 Å². The molecule has 0 aliphatic heterocycles. The molecule has 6 heteroatoms. The molecule has 0 bridgehead atoms. The molecule has 2 rings (SSSR count). The second kappa shape index (κ2) is 3.47. The van der Waals surface area contributed by atoms with Crippen molar-refractivity contribution in [1.29, 1.82) is 0 Å². The Kier molecular flexibility index (Phi) is 2.36. The van der Waals surface area contributed by atoms with Gasteiger partial charge in [-0.25, -0.2) is 0 Å². The van der Waals surface area contributed by atoms with E-state index in [-0.39, 0.29) is 12.8 Å². The number of carbonyl (C=O) groups is 1. The minimum atomic E-state index is -4.43. The van der Waals surface area contributed by atoms with E-state index in [1.165, 1.54) is 0 Å². The van der Waals surface area contributed by atoms with Crippen molar-refractivity contribution < 1.29 is 23.1 Å². The second-order valence-corrected chi connectivity index (χ2v) is 3.77. The van der Waals surface area contributed by atoms with E-state index in [0.29, 0.717) is 11.3 Å². The maximum atomic E-state index is 12.4. The second-order valence-electron chi connectivity index (χ2n) is 3.77. The third-order valence-corrected chi connectivity index (χ3v) is 2.64. The number of fused-ring (bicyclic) bond motifs is 1. The summed E-state index contributed by atoms with van der Waals surface area (Å²) in [4.78, 5) is 14.4. The number of hydrogen-bond donors (Lipinski definition) is 1. The molecule has 0 fully saturated rings. The van der Waals surface area contributed by atoms with E-state index in [0.717, 1.165) is 12.3 Å². The molecule has 86 valence electrons. The summed E-state index contributed by atoms with van der Waals surface area (Å²) in [5.41, 5.74) is 0.0277. The van der Waals surface area contributed by atoms with Gasteiger partial charge in [-0.3, -0.25) is 9.78 Å². The molecule has 1 aromatic heterocycles. The van der Waals surface area contributed by atoms with E-state index in [2.05, 4.69) is 4.98 Å². The lowest BCUT2D eigenvalue weighted by Crippen LogP contribution is -2.13. The molecule has 1 N–H and O–H groups in total. The van der Waals surface area contributed by atoms with Crippen molar-refractivity contribution in [2.75, 3.05) is 0 Å². The Balaban J connectivity index is 2.31. The predicted octanol–water partition coefficient (Wildman–Crippen LogP) is 1.90. The Morgan fingerprint density at radius 3 is 2.69 bits per heavy atom. The van der Waals surface area contributed by atoms with Crippen molar-refractivity contribution in [3.8, 4) is 0 Å². The van der Waals surface area contributed by atoms with Gasteiger partial charge in [0.2, 0.25) is 0 Å². The quantitative estimate of drug-likeness (QED) is 0.803. The van der Waals surface area contributed by atoms with Crippen molar-refractivity contribution >= 4 is 5.97 Å². The van der Waals surface area contributed by atoms with Crippen LogP contribution in [0.2, 0.25) is 0 Å². The average molecular weight is 231 g/mol. The summed E-state index contributed by atoms with van der Waals surface area (Å²) >= 11 is 0. The smallest absolute Gasteiger partial charge is 0.417 e. The van der Waals surface area contributed by atoms with Gasteiger partial charge in [0.05, 0.1) is 11.5 Å². The highest BCUT2D eigenvalue weighted by atomic mass is 19.4. The standard InChI is InChI=1S/C10H8F3NO2/c11-10(12,13)7-2-5-1-6(9(15)16)3-8(5)14-4-7/h2,4,6H,1,3H2,(H,15,16). The summed E-state index contributed by atoms with van der Waals surface area (Å²) in [5.74, 6) is -1.64. The molecule has 1 atom stereocenters. The molecule has 0 saturated carbocycles. The SMILES string of the molecule is O=C(O)C1Cc2cc(C(F)(F)F)cnc2C1. The summed E-state index contributed by atoms with van der Waals surface area (Å²) in [6.07, 6.45) is -3.34.